The number of thioether (sulfide) groups is 1. The van der Waals surface area contributed by atoms with E-state index in [0.717, 1.165) is 18.2 Å². The molecule has 2 heterocycles. The van der Waals surface area contributed by atoms with Gasteiger partial charge in [0.1, 0.15) is 4.83 Å². The molecule has 0 spiro atoms. The third kappa shape index (κ3) is 3.65. The molecule has 7 heteroatoms. The van der Waals surface area contributed by atoms with E-state index in [-0.39, 0.29) is 16.7 Å². The summed E-state index contributed by atoms with van der Waals surface area (Å²) in [6.45, 7) is 6.78. The van der Waals surface area contributed by atoms with E-state index < -0.39 is 5.97 Å². The number of carboxylic acid groups (broad SMARTS) is 1. The maximum absolute atomic E-state index is 12.6. The molecular formula is C14H18N2O3S2. The minimum atomic E-state index is -0.915. The lowest BCUT2D eigenvalue weighted by molar-refractivity contribution is -0.133. The summed E-state index contributed by atoms with van der Waals surface area (Å²) in [5.74, 6) is -1.02. The molecule has 0 saturated carbocycles. The van der Waals surface area contributed by atoms with Crippen molar-refractivity contribution in [2.24, 2.45) is 5.41 Å². The number of carbonyl (C=O) groups is 1. The molecule has 2 rings (SSSR count). The number of hydrogen-bond donors (Lipinski definition) is 1. The van der Waals surface area contributed by atoms with Crippen LogP contribution < -0.4 is 5.56 Å². The van der Waals surface area contributed by atoms with Crippen LogP contribution in [0.5, 0.6) is 0 Å². The van der Waals surface area contributed by atoms with Crippen LogP contribution in [0.1, 0.15) is 27.2 Å². The van der Waals surface area contributed by atoms with Crippen molar-refractivity contribution >= 4 is 39.3 Å². The normalized spacial score (nSPS) is 12.0. The Morgan fingerprint density at radius 3 is 2.86 bits per heavy atom. The zero-order valence-electron chi connectivity index (χ0n) is 12.3. The quantitative estimate of drug-likeness (QED) is 0.652. The van der Waals surface area contributed by atoms with E-state index in [0.29, 0.717) is 21.9 Å². The number of fused-ring (bicyclic) bond motifs is 1. The van der Waals surface area contributed by atoms with E-state index in [9.17, 15) is 9.59 Å². The number of nitrogens with zero attached hydrogens (tertiary/aromatic N) is 2. The summed E-state index contributed by atoms with van der Waals surface area (Å²) in [5, 5.41) is 11.8. The Labute approximate surface area is 131 Å². The number of thiophene rings is 1. The maximum atomic E-state index is 12.6. The molecule has 21 heavy (non-hydrogen) atoms. The molecule has 0 saturated heterocycles. The second-order valence-corrected chi connectivity index (χ2v) is 7.46. The van der Waals surface area contributed by atoms with Gasteiger partial charge in [0, 0.05) is 6.54 Å². The SMILES string of the molecule is CCC(C)(C)Cn1c(SCC(=O)O)nc2sccc2c1=O. The number of carboxylic acids is 1. The lowest BCUT2D eigenvalue weighted by atomic mass is 9.90. The van der Waals surface area contributed by atoms with Crippen molar-refractivity contribution in [3.05, 3.63) is 21.8 Å². The van der Waals surface area contributed by atoms with Crippen molar-refractivity contribution in [2.75, 3.05) is 5.75 Å². The molecule has 0 atom stereocenters. The molecule has 114 valence electrons. The van der Waals surface area contributed by atoms with E-state index in [4.69, 9.17) is 5.11 Å². The molecular weight excluding hydrogens is 308 g/mol. The van der Waals surface area contributed by atoms with Gasteiger partial charge in [0.15, 0.2) is 5.16 Å². The minimum absolute atomic E-state index is 0.0479. The molecule has 0 unspecified atom stereocenters. The van der Waals surface area contributed by atoms with Crippen molar-refractivity contribution in [3.63, 3.8) is 0 Å². The van der Waals surface area contributed by atoms with Crippen LogP contribution >= 0.6 is 23.1 Å². The van der Waals surface area contributed by atoms with Gasteiger partial charge in [0.25, 0.3) is 5.56 Å². The van der Waals surface area contributed by atoms with E-state index in [1.165, 1.54) is 11.3 Å². The summed E-state index contributed by atoms with van der Waals surface area (Å²) < 4.78 is 1.62. The summed E-state index contributed by atoms with van der Waals surface area (Å²) in [6, 6.07) is 1.77. The molecule has 0 aromatic carbocycles. The monoisotopic (exact) mass is 326 g/mol. The van der Waals surface area contributed by atoms with E-state index >= 15 is 0 Å². The Morgan fingerprint density at radius 1 is 1.52 bits per heavy atom. The Kier molecular flexibility index (Phi) is 4.73. The summed E-state index contributed by atoms with van der Waals surface area (Å²) >= 11 is 2.49. The predicted octanol–water partition coefficient (Wildman–Crippen LogP) is 3.07. The van der Waals surface area contributed by atoms with Gasteiger partial charge >= 0.3 is 5.97 Å². The number of hydrogen-bond acceptors (Lipinski definition) is 5. The first kappa shape index (κ1) is 16.0. The zero-order valence-corrected chi connectivity index (χ0v) is 13.9. The lowest BCUT2D eigenvalue weighted by Gasteiger charge is -2.24. The van der Waals surface area contributed by atoms with Crippen LogP contribution in [-0.4, -0.2) is 26.4 Å². The maximum Gasteiger partial charge on any atom is 0.313 e. The van der Waals surface area contributed by atoms with Crippen LogP contribution in [0, 0.1) is 5.41 Å². The molecule has 2 aromatic heterocycles. The van der Waals surface area contributed by atoms with Gasteiger partial charge in [-0.2, -0.15) is 0 Å². The zero-order chi connectivity index (χ0) is 15.6. The van der Waals surface area contributed by atoms with E-state index in [1.54, 1.807) is 10.6 Å². The van der Waals surface area contributed by atoms with Crippen LogP contribution in [0.2, 0.25) is 0 Å². The topological polar surface area (TPSA) is 72.2 Å². The largest absolute Gasteiger partial charge is 0.481 e. The van der Waals surface area contributed by atoms with Crippen LogP contribution in [0.3, 0.4) is 0 Å². The summed E-state index contributed by atoms with van der Waals surface area (Å²) in [7, 11) is 0. The Morgan fingerprint density at radius 2 is 2.24 bits per heavy atom. The first-order chi connectivity index (χ1) is 9.84. The Bertz CT molecular complexity index is 719. The van der Waals surface area contributed by atoms with Crippen molar-refractivity contribution in [2.45, 2.75) is 38.9 Å². The van der Waals surface area contributed by atoms with Crippen LogP contribution in [0.25, 0.3) is 10.2 Å². The average Bonchev–Trinajstić information content (AvgIpc) is 2.88. The lowest BCUT2D eigenvalue weighted by Crippen LogP contribution is -2.30. The smallest absolute Gasteiger partial charge is 0.313 e. The van der Waals surface area contributed by atoms with Crippen molar-refractivity contribution in [1.29, 1.82) is 0 Å². The van der Waals surface area contributed by atoms with Gasteiger partial charge in [-0.3, -0.25) is 14.2 Å². The highest BCUT2D eigenvalue weighted by molar-refractivity contribution is 7.99. The molecule has 0 aliphatic carbocycles. The minimum Gasteiger partial charge on any atom is -0.481 e. The van der Waals surface area contributed by atoms with Gasteiger partial charge in [0.05, 0.1) is 11.1 Å². The summed E-state index contributed by atoms with van der Waals surface area (Å²) in [5.41, 5.74) is -0.135. The second kappa shape index (κ2) is 6.19. The molecule has 0 radical (unpaired) electrons. The van der Waals surface area contributed by atoms with Gasteiger partial charge in [-0.25, -0.2) is 4.98 Å². The third-order valence-electron chi connectivity index (χ3n) is 3.42. The molecule has 5 nitrogen and oxygen atoms in total. The molecule has 0 aliphatic heterocycles. The highest BCUT2D eigenvalue weighted by atomic mass is 32.2. The Balaban J connectivity index is 2.52. The fourth-order valence-electron chi connectivity index (χ4n) is 1.85. The fourth-order valence-corrected chi connectivity index (χ4v) is 3.37. The van der Waals surface area contributed by atoms with Crippen molar-refractivity contribution in [1.82, 2.24) is 9.55 Å². The average molecular weight is 326 g/mol. The highest BCUT2D eigenvalue weighted by Crippen LogP contribution is 2.26. The molecule has 0 fully saturated rings. The second-order valence-electron chi connectivity index (χ2n) is 5.63. The van der Waals surface area contributed by atoms with Crippen molar-refractivity contribution in [3.8, 4) is 0 Å². The molecule has 0 bridgehead atoms. The number of rotatable bonds is 6. The van der Waals surface area contributed by atoms with Gasteiger partial charge in [-0.15, -0.1) is 11.3 Å². The summed E-state index contributed by atoms with van der Waals surface area (Å²) in [6.07, 6.45) is 0.921. The van der Waals surface area contributed by atoms with Gasteiger partial charge in [-0.05, 0) is 23.3 Å². The summed E-state index contributed by atoms with van der Waals surface area (Å²) in [4.78, 5) is 28.5. The van der Waals surface area contributed by atoms with Crippen LogP contribution in [-0.2, 0) is 11.3 Å². The van der Waals surface area contributed by atoms with Gasteiger partial charge in [-0.1, -0.05) is 32.5 Å². The van der Waals surface area contributed by atoms with Gasteiger partial charge < -0.3 is 5.11 Å². The number of aliphatic carboxylic acids is 1. The highest BCUT2D eigenvalue weighted by Gasteiger charge is 2.21. The fraction of sp³-hybridized carbons (Fsp3) is 0.500. The first-order valence-corrected chi connectivity index (χ1v) is 8.53. The van der Waals surface area contributed by atoms with Gasteiger partial charge in [0.2, 0.25) is 0 Å². The van der Waals surface area contributed by atoms with E-state index in [2.05, 4.69) is 25.8 Å². The van der Waals surface area contributed by atoms with Crippen LogP contribution in [0.4, 0.5) is 0 Å². The van der Waals surface area contributed by atoms with Crippen LogP contribution in [0.15, 0.2) is 21.4 Å². The van der Waals surface area contributed by atoms with Crippen molar-refractivity contribution < 1.29 is 9.90 Å². The molecule has 0 amide bonds. The predicted molar refractivity (Wildman–Crippen MR) is 86.3 cm³/mol. The van der Waals surface area contributed by atoms with E-state index in [1.807, 2.05) is 5.38 Å². The molecule has 1 N–H and O–H groups in total. The standard InChI is InChI=1S/C14H18N2O3S2/c1-4-14(2,3)8-16-12(19)9-5-6-20-11(9)15-13(16)21-7-10(17)18/h5-6H,4,7-8H2,1-3H3,(H,17,18). The Hall–Kier alpha value is -1.34. The molecule has 0 aliphatic rings. The number of aromatic nitrogens is 2. The first-order valence-electron chi connectivity index (χ1n) is 6.66. The molecule has 2 aromatic rings. The third-order valence-corrected chi connectivity index (χ3v) is 5.18.